The molecule has 0 radical (unpaired) electrons. The van der Waals surface area contributed by atoms with Crippen molar-refractivity contribution in [2.45, 2.75) is 24.0 Å². The molecule has 0 bridgehead atoms. The van der Waals surface area contributed by atoms with Gasteiger partial charge in [0.25, 0.3) is 0 Å². The monoisotopic (exact) mass is 322 g/mol. The highest BCUT2D eigenvalue weighted by Gasteiger charge is 2.16. The van der Waals surface area contributed by atoms with E-state index in [1.807, 2.05) is 19.1 Å². The van der Waals surface area contributed by atoms with Gasteiger partial charge in [0.15, 0.2) is 0 Å². The normalized spacial score (nSPS) is 12.2. The van der Waals surface area contributed by atoms with Gasteiger partial charge in [-0.1, -0.05) is 11.6 Å². The number of hydrogen-bond acceptors (Lipinski definition) is 3. The van der Waals surface area contributed by atoms with Crippen molar-refractivity contribution in [2.24, 2.45) is 0 Å². The topological polar surface area (TPSA) is 26.3 Å². The summed E-state index contributed by atoms with van der Waals surface area (Å²) < 4.78 is 5.83. The second-order valence-corrected chi connectivity index (χ2v) is 5.76. The molecule has 1 atom stereocenters. The highest BCUT2D eigenvalue weighted by atomic mass is 79.9. The number of carbonyl (C=O) groups is 1. The van der Waals surface area contributed by atoms with Crippen LogP contribution in [0.4, 0.5) is 0 Å². The minimum Gasteiger partial charge on any atom is -0.465 e. The van der Waals surface area contributed by atoms with Gasteiger partial charge >= 0.3 is 5.97 Å². The Balaban J connectivity index is 2.69. The fourth-order valence-corrected chi connectivity index (χ4v) is 2.90. The van der Waals surface area contributed by atoms with Crippen LogP contribution >= 0.6 is 39.3 Å². The number of benzene rings is 1. The maximum atomic E-state index is 11.4. The van der Waals surface area contributed by atoms with Gasteiger partial charge in [-0.05, 0) is 48.0 Å². The number of thioether (sulfide) groups is 1. The van der Waals surface area contributed by atoms with Crippen LogP contribution in [0.1, 0.15) is 13.8 Å². The molecule has 1 aromatic rings. The van der Waals surface area contributed by atoms with Crippen molar-refractivity contribution in [3.8, 4) is 0 Å². The molecule has 0 aromatic heterocycles. The van der Waals surface area contributed by atoms with E-state index in [4.69, 9.17) is 16.3 Å². The van der Waals surface area contributed by atoms with E-state index in [2.05, 4.69) is 15.9 Å². The van der Waals surface area contributed by atoms with Crippen LogP contribution in [0.2, 0.25) is 5.02 Å². The summed E-state index contributed by atoms with van der Waals surface area (Å²) in [6.45, 7) is 4.03. The number of ether oxygens (including phenoxy) is 1. The molecule has 1 unspecified atom stereocenters. The molecule has 0 heterocycles. The first-order valence-corrected chi connectivity index (χ1v) is 6.88. The van der Waals surface area contributed by atoms with Gasteiger partial charge in [-0.2, -0.15) is 0 Å². The lowest BCUT2D eigenvalue weighted by molar-refractivity contribution is -0.142. The van der Waals surface area contributed by atoms with Crippen LogP contribution in [0.5, 0.6) is 0 Å². The molecule has 0 aliphatic carbocycles. The van der Waals surface area contributed by atoms with Gasteiger partial charge in [0.1, 0.15) is 5.25 Å². The lowest BCUT2D eigenvalue weighted by Crippen LogP contribution is -2.16. The predicted molar refractivity (Wildman–Crippen MR) is 71.1 cm³/mol. The van der Waals surface area contributed by atoms with Crippen LogP contribution in [0.15, 0.2) is 27.6 Å². The fourth-order valence-electron chi connectivity index (χ4n) is 1.07. The molecule has 0 aliphatic heterocycles. The van der Waals surface area contributed by atoms with E-state index in [9.17, 15) is 4.79 Å². The Bertz CT molecular complexity index is 384. The maximum Gasteiger partial charge on any atom is 0.319 e. The number of rotatable bonds is 4. The standard InChI is InChI=1S/C11H12BrClO2S/c1-3-15-11(14)7(2)16-10-5-4-8(13)6-9(10)12/h4-7H,3H2,1-2H3. The van der Waals surface area contributed by atoms with Crippen LogP contribution in [0, 0.1) is 0 Å². The third kappa shape index (κ3) is 4.00. The van der Waals surface area contributed by atoms with Crippen molar-refractivity contribution in [2.75, 3.05) is 6.61 Å². The van der Waals surface area contributed by atoms with Crippen LogP contribution in [0.3, 0.4) is 0 Å². The molecule has 0 saturated heterocycles. The van der Waals surface area contributed by atoms with Gasteiger partial charge in [-0.15, -0.1) is 11.8 Å². The van der Waals surface area contributed by atoms with Crippen LogP contribution in [0.25, 0.3) is 0 Å². The molecule has 1 aromatic carbocycles. The van der Waals surface area contributed by atoms with Gasteiger partial charge < -0.3 is 4.74 Å². The Hall–Kier alpha value is -0.190. The smallest absolute Gasteiger partial charge is 0.319 e. The third-order valence-corrected chi connectivity index (χ3v) is 4.13. The van der Waals surface area contributed by atoms with Gasteiger partial charge in [-0.25, -0.2) is 0 Å². The van der Waals surface area contributed by atoms with E-state index in [1.165, 1.54) is 11.8 Å². The minimum absolute atomic E-state index is 0.200. The molecule has 5 heteroatoms. The van der Waals surface area contributed by atoms with Crippen molar-refractivity contribution in [1.82, 2.24) is 0 Å². The third-order valence-electron chi connectivity index (χ3n) is 1.82. The zero-order valence-electron chi connectivity index (χ0n) is 9.00. The van der Waals surface area contributed by atoms with Gasteiger partial charge in [-0.3, -0.25) is 4.79 Å². The summed E-state index contributed by atoms with van der Waals surface area (Å²) in [6, 6.07) is 5.49. The highest BCUT2D eigenvalue weighted by molar-refractivity contribution is 9.10. The van der Waals surface area contributed by atoms with E-state index in [0.717, 1.165) is 9.37 Å². The van der Waals surface area contributed by atoms with E-state index >= 15 is 0 Å². The molecule has 16 heavy (non-hydrogen) atoms. The van der Waals surface area contributed by atoms with Crippen molar-refractivity contribution in [1.29, 1.82) is 0 Å². The SMILES string of the molecule is CCOC(=O)C(C)Sc1ccc(Cl)cc1Br. The summed E-state index contributed by atoms with van der Waals surface area (Å²) in [6.07, 6.45) is 0. The summed E-state index contributed by atoms with van der Waals surface area (Å²) in [7, 11) is 0. The van der Waals surface area contributed by atoms with Crippen LogP contribution in [-0.4, -0.2) is 17.8 Å². The number of hydrogen-bond donors (Lipinski definition) is 0. The second-order valence-electron chi connectivity index (χ2n) is 3.09. The lowest BCUT2D eigenvalue weighted by Gasteiger charge is -2.11. The lowest BCUT2D eigenvalue weighted by atomic mass is 10.4. The second kappa shape index (κ2) is 6.52. The van der Waals surface area contributed by atoms with E-state index in [1.54, 1.807) is 13.0 Å². The van der Waals surface area contributed by atoms with E-state index in [-0.39, 0.29) is 11.2 Å². The first kappa shape index (κ1) is 13.9. The van der Waals surface area contributed by atoms with Crippen LogP contribution in [-0.2, 0) is 9.53 Å². The highest BCUT2D eigenvalue weighted by Crippen LogP contribution is 2.32. The predicted octanol–water partition coefficient (Wildman–Crippen LogP) is 4.15. The summed E-state index contributed by atoms with van der Waals surface area (Å²) in [5, 5.41) is 0.442. The Morgan fingerprint density at radius 2 is 2.31 bits per heavy atom. The largest absolute Gasteiger partial charge is 0.465 e. The van der Waals surface area contributed by atoms with Gasteiger partial charge in [0.2, 0.25) is 0 Å². The zero-order valence-corrected chi connectivity index (χ0v) is 12.2. The fraction of sp³-hybridized carbons (Fsp3) is 0.364. The summed E-state index contributed by atoms with van der Waals surface area (Å²) >= 11 is 10.7. The van der Waals surface area contributed by atoms with E-state index in [0.29, 0.717) is 11.6 Å². The molecule has 88 valence electrons. The van der Waals surface area contributed by atoms with Crippen LogP contribution < -0.4 is 0 Å². The Morgan fingerprint density at radius 1 is 1.62 bits per heavy atom. The summed E-state index contributed by atoms with van der Waals surface area (Å²) in [5.74, 6) is -0.200. The molecule has 2 nitrogen and oxygen atoms in total. The molecule has 0 spiro atoms. The summed E-state index contributed by atoms with van der Waals surface area (Å²) in [5.41, 5.74) is 0. The molecule has 0 N–H and O–H groups in total. The average molecular weight is 324 g/mol. The minimum atomic E-state index is -0.225. The maximum absolute atomic E-state index is 11.4. The van der Waals surface area contributed by atoms with Crippen molar-refractivity contribution in [3.63, 3.8) is 0 Å². The van der Waals surface area contributed by atoms with Crippen molar-refractivity contribution >= 4 is 45.3 Å². The number of esters is 1. The molecular formula is C11H12BrClO2S. The van der Waals surface area contributed by atoms with Gasteiger partial charge in [0.05, 0.1) is 6.61 Å². The first-order chi connectivity index (χ1) is 7.54. The summed E-state index contributed by atoms with van der Waals surface area (Å²) in [4.78, 5) is 12.4. The Labute approximate surface area is 113 Å². The Kier molecular flexibility index (Phi) is 5.66. The zero-order chi connectivity index (χ0) is 12.1. The van der Waals surface area contributed by atoms with Gasteiger partial charge in [0, 0.05) is 14.4 Å². The Morgan fingerprint density at radius 3 is 2.88 bits per heavy atom. The first-order valence-electron chi connectivity index (χ1n) is 4.83. The quantitative estimate of drug-likeness (QED) is 0.615. The molecule has 1 rings (SSSR count). The number of halogens is 2. The molecule has 0 fully saturated rings. The number of carbonyl (C=O) groups excluding carboxylic acids is 1. The molecule has 0 saturated carbocycles. The molecule has 0 aliphatic rings. The van der Waals surface area contributed by atoms with Crippen molar-refractivity contribution < 1.29 is 9.53 Å². The average Bonchev–Trinajstić information content (AvgIpc) is 2.22. The van der Waals surface area contributed by atoms with Crippen molar-refractivity contribution in [3.05, 3.63) is 27.7 Å². The molecule has 0 amide bonds. The van der Waals surface area contributed by atoms with E-state index < -0.39 is 0 Å². The molecular weight excluding hydrogens is 312 g/mol.